The lowest BCUT2D eigenvalue weighted by atomic mass is 9.97. The molecular weight excluding hydrogens is 492 g/mol. The van der Waals surface area contributed by atoms with Gasteiger partial charge in [0, 0.05) is 32.6 Å². The number of benzene rings is 3. The van der Waals surface area contributed by atoms with Crippen LogP contribution in [-0.2, 0) is 4.74 Å². The van der Waals surface area contributed by atoms with E-state index < -0.39 is 5.60 Å². The SMILES string of the molecule is CC(C)(C)OC(=O)NC1C=CCCC1.O=C1NC(=O)c2c1c1c3ccccc3[nH]c1c1[nH]c3ccccc3c21. The first-order valence-electron chi connectivity index (χ1n) is 13.2. The highest BCUT2D eigenvalue weighted by molar-refractivity contribution is 6.39. The molecule has 0 saturated carbocycles. The standard InChI is InChI=1S/C20H11N3O2.C11H19NO2/c24-19-15-13-9-5-1-3-7-11(9)21-17(13)18-14(16(15)20(25)23-19)10-6-2-4-8-12(10)22-18;1-11(2,3)14-10(13)12-9-7-5-4-6-8-9/h1-8,21-22H,(H,23,24,25);5,7,9H,4,6,8H2,1-3H3,(H,12,13). The number of hydrogen-bond acceptors (Lipinski definition) is 4. The van der Waals surface area contributed by atoms with E-state index in [9.17, 15) is 14.4 Å². The minimum absolute atomic E-state index is 0.151. The second kappa shape index (κ2) is 9.31. The number of para-hydroxylation sites is 2. The molecule has 3 aromatic carbocycles. The van der Waals surface area contributed by atoms with Crippen molar-refractivity contribution >= 4 is 61.5 Å². The number of ether oxygens (including phenoxy) is 1. The monoisotopic (exact) mass is 522 g/mol. The summed E-state index contributed by atoms with van der Waals surface area (Å²) >= 11 is 0. The van der Waals surface area contributed by atoms with E-state index >= 15 is 0 Å². The van der Waals surface area contributed by atoms with Crippen LogP contribution in [0.3, 0.4) is 0 Å². The van der Waals surface area contributed by atoms with Crippen LogP contribution in [0.2, 0.25) is 0 Å². The summed E-state index contributed by atoms with van der Waals surface area (Å²) in [6.07, 6.45) is 7.08. The third-order valence-corrected chi connectivity index (χ3v) is 7.05. The van der Waals surface area contributed by atoms with Gasteiger partial charge in [-0.25, -0.2) is 4.79 Å². The van der Waals surface area contributed by atoms with Crippen molar-refractivity contribution in [3.63, 3.8) is 0 Å². The predicted molar refractivity (Wildman–Crippen MR) is 153 cm³/mol. The van der Waals surface area contributed by atoms with Gasteiger partial charge in [0.15, 0.2) is 0 Å². The lowest BCUT2D eigenvalue weighted by Gasteiger charge is -2.23. The average Bonchev–Trinajstić information content (AvgIpc) is 3.55. The maximum atomic E-state index is 12.6. The molecule has 2 aromatic heterocycles. The largest absolute Gasteiger partial charge is 0.444 e. The van der Waals surface area contributed by atoms with Gasteiger partial charge >= 0.3 is 6.09 Å². The van der Waals surface area contributed by atoms with Crippen molar-refractivity contribution < 1.29 is 19.1 Å². The first-order chi connectivity index (χ1) is 18.7. The topological polar surface area (TPSA) is 116 Å². The lowest BCUT2D eigenvalue weighted by Crippen LogP contribution is -2.38. The van der Waals surface area contributed by atoms with Crippen LogP contribution in [0.4, 0.5) is 4.79 Å². The Morgan fingerprint density at radius 3 is 1.90 bits per heavy atom. The maximum absolute atomic E-state index is 12.6. The number of aromatic amines is 2. The number of rotatable bonds is 1. The number of hydrogen-bond donors (Lipinski definition) is 4. The van der Waals surface area contributed by atoms with Crippen LogP contribution in [0, 0.1) is 0 Å². The molecule has 8 nitrogen and oxygen atoms in total. The van der Waals surface area contributed by atoms with Crippen LogP contribution in [0.5, 0.6) is 0 Å². The molecule has 1 aliphatic heterocycles. The number of aromatic nitrogens is 2. The molecule has 0 radical (unpaired) electrons. The van der Waals surface area contributed by atoms with Crippen molar-refractivity contribution in [3.05, 3.63) is 71.8 Å². The van der Waals surface area contributed by atoms with Crippen molar-refractivity contribution in [2.75, 3.05) is 0 Å². The fourth-order valence-corrected chi connectivity index (χ4v) is 5.50. The minimum Gasteiger partial charge on any atom is -0.444 e. The Hall–Kier alpha value is -4.59. The summed E-state index contributed by atoms with van der Waals surface area (Å²) in [6.45, 7) is 5.59. The van der Waals surface area contributed by atoms with Crippen molar-refractivity contribution in [2.45, 2.75) is 51.7 Å². The first-order valence-corrected chi connectivity index (χ1v) is 13.2. The zero-order valence-electron chi connectivity index (χ0n) is 22.1. The Balaban J connectivity index is 0.000000170. The van der Waals surface area contributed by atoms with Gasteiger partial charge in [-0.05, 0) is 52.2 Å². The van der Waals surface area contributed by atoms with Gasteiger partial charge in [0.1, 0.15) is 5.60 Å². The Bertz CT molecular complexity index is 1710. The van der Waals surface area contributed by atoms with E-state index in [1.807, 2.05) is 75.4 Å². The summed E-state index contributed by atoms with van der Waals surface area (Å²) in [7, 11) is 0. The van der Waals surface area contributed by atoms with E-state index in [2.05, 4.69) is 26.7 Å². The second-order valence-electron chi connectivity index (χ2n) is 11.0. The molecule has 0 spiro atoms. The number of imide groups is 1. The van der Waals surface area contributed by atoms with Crippen LogP contribution < -0.4 is 10.6 Å². The van der Waals surface area contributed by atoms with Gasteiger partial charge in [-0.1, -0.05) is 48.6 Å². The predicted octanol–water partition coefficient (Wildman–Crippen LogP) is 6.46. The van der Waals surface area contributed by atoms with E-state index in [1.165, 1.54) is 0 Å². The van der Waals surface area contributed by atoms with Gasteiger partial charge < -0.3 is 20.0 Å². The lowest BCUT2D eigenvalue weighted by molar-refractivity contribution is 0.0511. The van der Waals surface area contributed by atoms with E-state index in [0.29, 0.717) is 11.1 Å². The number of H-pyrrole nitrogens is 2. The number of fused-ring (bicyclic) bond motifs is 10. The molecule has 198 valence electrons. The highest BCUT2D eigenvalue weighted by Crippen LogP contribution is 2.41. The van der Waals surface area contributed by atoms with Crippen LogP contribution >= 0.6 is 0 Å². The van der Waals surface area contributed by atoms with Crippen molar-refractivity contribution in [2.24, 2.45) is 0 Å². The highest BCUT2D eigenvalue weighted by Gasteiger charge is 2.34. The molecule has 7 rings (SSSR count). The smallest absolute Gasteiger partial charge is 0.408 e. The molecule has 1 unspecified atom stereocenters. The van der Waals surface area contributed by atoms with E-state index in [4.69, 9.17) is 4.74 Å². The fraction of sp³-hybridized carbons (Fsp3) is 0.258. The average molecular weight is 523 g/mol. The molecule has 39 heavy (non-hydrogen) atoms. The Morgan fingerprint density at radius 2 is 1.41 bits per heavy atom. The van der Waals surface area contributed by atoms with Gasteiger partial charge in [0.25, 0.3) is 11.8 Å². The normalized spacial score (nSPS) is 16.8. The van der Waals surface area contributed by atoms with Gasteiger partial charge in [-0.2, -0.15) is 0 Å². The quantitative estimate of drug-likeness (QED) is 0.149. The van der Waals surface area contributed by atoms with Gasteiger partial charge in [0.2, 0.25) is 0 Å². The fourth-order valence-electron chi connectivity index (χ4n) is 5.50. The third-order valence-electron chi connectivity index (χ3n) is 7.05. The van der Waals surface area contributed by atoms with Gasteiger partial charge in [-0.15, -0.1) is 0 Å². The molecular formula is C31H30N4O4. The first kappa shape index (κ1) is 24.7. The van der Waals surface area contributed by atoms with E-state index in [-0.39, 0.29) is 23.9 Å². The van der Waals surface area contributed by atoms with Crippen molar-refractivity contribution in [3.8, 4) is 0 Å². The summed E-state index contributed by atoms with van der Waals surface area (Å²) in [4.78, 5) is 43.4. The van der Waals surface area contributed by atoms with Crippen LogP contribution in [0.25, 0.3) is 43.6 Å². The molecule has 1 atom stereocenters. The van der Waals surface area contributed by atoms with E-state index in [0.717, 1.165) is 62.9 Å². The number of alkyl carbamates (subject to hydrolysis) is 1. The zero-order chi connectivity index (χ0) is 27.3. The molecule has 3 amide bonds. The molecule has 0 bridgehead atoms. The summed E-state index contributed by atoms with van der Waals surface area (Å²) < 4.78 is 5.16. The molecule has 5 aromatic rings. The summed E-state index contributed by atoms with van der Waals surface area (Å²) in [5.41, 5.74) is 4.12. The number of nitrogens with one attached hydrogen (secondary N) is 4. The zero-order valence-corrected chi connectivity index (χ0v) is 22.1. The number of amides is 3. The summed E-state index contributed by atoms with van der Waals surface area (Å²) in [5.74, 6) is -0.663. The highest BCUT2D eigenvalue weighted by atomic mass is 16.6. The molecule has 3 heterocycles. The Kier molecular flexibility index (Phi) is 5.90. The van der Waals surface area contributed by atoms with E-state index in [1.54, 1.807) is 0 Å². The molecule has 1 aliphatic carbocycles. The minimum atomic E-state index is -0.414. The third kappa shape index (κ3) is 4.41. The van der Waals surface area contributed by atoms with Crippen LogP contribution in [0.15, 0.2) is 60.7 Å². The second-order valence-corrected chi connectivity index (χ2v) is 11.0. The van der Waals surface area contributed by atoms with Crippen LogP contribution in [0.1, 0.15) is 60.7 Å². The number of carbonyl (C=O) groups excluding carboxylic acids is 3. The molecule has 0 fully saturated rings. The summed E-state index contributed by atoms with van der Waals surface area (Å²) in [5, 5.41) is 8.78. The molecule has 0 saturated heterocycles. The Labute approximate surface area is 224 Å². The maximum Gasteiger partial charge on any atom is 0.408 e. The van der Waals surface area contributed by atoms with Gasteiger partial charge in [-0.3, -0.25) is 14.9 Å². The van der Waals surface area contributed by atoms with Crippen molar-refractivity contribution in [1.82, 2.24) is 20.6 Å². The Morgan fingerprint density at radius 1 is 0.872 bits per heavy atom. The van der Waals surface area contributed by atoms with Crippen molar-refractivity contribution in [1.29, 1.82) is 0 Å². The number of allylic oxidation sites excluding steroid dienone is 1. The molecule has 4 N–H and O–H groups in total. The van der Waals surface area contributed by atoms with Gasteiger partial charge in [0.05, 0.1) is 28.2 Å². The molecule has 8 heteroatoms. The van der Waals surface area contributed by atoms with Crippen LogP contribution in [-0.4, -0.2) is 39.5 Å². The molecule has 2 aliphatic rings. The number of carbonyl (C=O) groups is 3. The summed E-state index contributed by atoms with van der Waals surface area (Å²) in [6, 6.07) is 15.8.